The fourth-order valence-electron chi connectivity index (χ4n) is 1.71. The fourth-order valence-corrected chi connectivity index (χ4v) is 3.61. The minimum atomic E-state index is -1.22. The van der Waals surface area contributed by atoms with E-state index in [0.717, 1.165) is 16.1 Å². The first-order chi connectivity index (χ1) is 9.65. The molecule has 3 aromatic heterocycles. The van der Waals surface area contributed by atoms with E-state index in [2.05, 4.69) is 15.0 Å². The molecule has 0 amide bonds. The number of nitrogens with two attached hydrogens (primary N) is 1. The Hall–Kier alpha value is -1.64. The predicted octanol–water partition coefficient (Wildman–Crippen LogP) is 2.65. The van der Waals surface area contributed by atoms with Gasteiger partial charge in [-0.3, -0.25) is 4.21 Å². The van der Waals surface area contributed by atoms with Crippen LogP contribution >= 0.6 is 22.7 Å². The van der Waals surface area contributed by atoms with Gasteiger partial charge in [-0.25, -0.2) is 15.0 Å². The van der Waals surface area contributed by atoms with Crippen molar-refractivity contribution in [1.29, 1.82) is 0 Å². The van der Waals surface area contributed by atoms with Crippen molar-refractivity contribution in [3.8, 4) is 21.8 Å². The van der Waals surface area contributed by atoms with Gasteiger partial charge in [0.25, 0.3) is 0 Å². The number of thiazole rings is 1. The second kappa shape index (κ2) is 5.39. The Labute approximate surface area is 126 Å². The molecular weight excluding hydrogens is 312 g/mol. The summed E-state index contributed by atoms with van der Waals surface area (Å²) < 4.78 is 11.5. The number of hydrogen-bond acceptors (Lipinski definition) is 7. The molecule has 0 fully saturated rings. The first kappa shape index (κ1) is 13.3. The minimum absolute atomic E-state index is 0.311. The topological polar surface area (TPSA) is 81.8 Å². The molecule has 1 unspecified atom stereocenters. The third-order valence-electron chi connectivity index (χ3n) is 2.56. The Balaban J connectivity index is 2.15. The van der Waals surface area contributed by atoms with Crippen LogP contribution in [-0.2, 0) is 10.8 Å². The SMILES string of the molecule is CS(=O)c1nccc(-c2sc(N)nc2-c2ccsc2)n1. The van der Waals surface area contributed by atoms with Crippen LogP contribution in [0.15, 0.2) is 34.2 Å². The molecular formula is C12H10N4OS3. The maximum Gasteiger partial charge on any atom is 0.218 e. The lowest BCUT2D eigenvalue weighted by atomic mass is 10.2. The fraction of sp³-hybridized carbons (Fsp3) is 0.0833. The Bertz CT molecular complexity index is 767. The normalized spacial score (nSPS) is 12.4. The number of rotatable bonds is 3. The smallest absolute Gasteiger partial charge is 0.218 e. The van der Waals surface area contributed by atoms with Gasteiger partial charge in [0.2, 0.25) is 5.16 Å². The van der Waals surface area contributed by atoms with Crippen molar-refractivity contribution in [2.45, 2.75) is 5.16 Å². The molecule has 0 aliphatic rings. The summed E-state index contributed by atoms with van der Waals surface area (Å²) in [5.41, 5.74) is 8.34. The lowest BCUT2D eigenvalue weighted by Crippen LogP contribution is -1.97. The van der Waals surface area contributed by atoms with Gasteiger partial charge >= 0.3 is 0 Å². The highest BCUT2D eigenvalue weighted by atomic mass is 32.2. The highest BCUT2D eigenvalue weighted by Crippen LogP contribution is 2.37. The summed E-state index contributed by atoms with van der Waals surface area (Å²) in [6, 6.07) is 3.77. The van der Waals surface area contributed by atoms with E-state index in [0.29, 0.717) is 16.0 Å². The first-order valence-electron chi connectivity index (χ1n) is 5.61. The molecule has 1 atom stereocenters. The van der Waals surface area contributed by atoms with E-state index in [-0.39, 0.29) is 0 Å². The lowest BCUT2D eigenvalue weighted by molar-refractivity contribution is 0.680. The average molecular weight is 322 g/mol. The third-order valence-corrected chi connectivity index (χ3v) is 4.86. The Kier molecular flexibility index (Phi) is 3.60. The van der Waals surface area contributed by atoms with Crippen LogP contribution in [0.3, 0.4) is 0 Å². The molecule has 0 aliphatic carbocycles. The van der Waals surface area contributed by atoms with Crippen molar-refractivity contribution in [3.63, 3.8) is 0 Å². The molecule has 0 saturated carbocycles. The highest BCUT2D eigenvalue weighted by molar-refractivity contribution is 7.84. The summed E-state index contributed by atoms with van der Waals surface area (Å²) in [5, 5.41) is 4.80. The number of nitrogens with zero attached hydrogens (tertiary/aromatic N) is 3. The first-order valence-corrected chi connectivity index (χ1v) is 8.92. The maximum atomic E-state index is 11.5. The zero-order valence-corrected chi connectivity index (χ0v) is 12.9. The number of nitrogen functional groups attached to an aromatic ring is 1. The number of thiophene rings is 1. The molecule has 0 saturated heterocycles. The minimum Gasteiger partial charge on any atom is -0.375 e. The molecule has 102 valence electrons. The number of anilines is 1. The number of hydrogen-bond donors (Lipinski definition) is 1. The summed E-state index contributed by atoms with van der Waals surface area (Å²) in [5.74, 6) is 0. The van der Waals surface area contributed by atoms with Gasteiger partial charge in [0.05, 0.1) is 27.1 Å². The van der Waals surface area contributed by atoms with Crippen LogP contribution in [-0.4, -0.2) is 25.4 Å². The van der Waals surface area contributed by atoms with E-state index < -0.39 is 10.8 Å². The lowest BCUT2D eigenvalue weighted by Gasteiger charge is -2.01. The van der Waals surface area contributed by atoms with Crippen LogP contribution in [0.4, 0.5) is 5.13 Å². The van der Waals surface area contributed by atoms with Gasteiger partial charge in [-0.2, -0.15) is 11.3 Å². The van der Waals surface area contributed by atoms with E-state index in [4.69, 9.17) is 5.73 Å². The Morgan fingerprint density at radius 2 is 2.15 bits per heavy atom. The molecule has 3 aromatic rings. The molecule has 3 rings (SSSR count). The van der Waals surface area contributed by atoms with Crippen molar-refractivity contribution in [2.75, 3.05) is 12.0 Å². The summed E-state index contributed by atoms with van der Waals surface area (Å²) in [6.07, 6.45) is 3.16. The Morgan fingerprint density at radius 1 is 1.30 bits per heavy atom. The number of aromatic nitrogens is 3. The summed E-state index contributed by atoms with van der Waals surface area (Å²) in [7, 11) is -1.22. The van der Waals surface area contributed by atoms with Gasteiger partial charge in [0.1, 0.15) is 0 Å². The zero-order chi connectivity index (χ0) is 14.1. The van der Waals surface area contributed by atoms with Gasteiger partial charge in [-0.1, -0.05) is 11.3 Å². The van der Waals surface area contributed by atoms with Crippen LogP contribution < -0.4 is 5.73 Å². The van der Waals surface area contributed by atoms with Crippen LogP contribution in [0.25, 0.3) is 21.8 Å². The zero-order valence-electron chi connectivity index (χ0n) is 10.4. The molecule has 8 heteroatoms. The van der Waals surface area contributed by atoms with E-state index in [1.54, 1.807) is 29.9 Å². The molecule has 0 radical (unpaired) electrons. The van der Waals surface area contributed by atoms with Crippen molar-refractivity contribution in [2.24, 2.45) is 0 Å². The second-order valence-corrected chi connectivity index (χ2v) is 7.00. The highest BCUT2D eigenvalue weighted by Gasteiger charge is 2.16. The quantitative estimate of drug-likeness (QED) is 0.750. The molecule has 0 aliphatic heterocycles. The van der Waals surface area contributed by atoms with Crippen LogP contribution in [0.1, 0.15) is 0 Å². The summed E-state index contributed by atoms with van der Waals surface area (Å²) in [6.45, 7) is 0. The van der Waals surface area contributed by atoms with Gasteiger partial charge in [-0.05, 0) is 17.5 Å². The van der Waals surface area contributed by atoms with Crippen LogP contribution in [0.5, 0.6) is 0 Å². The van der Waals surface area contributed by atoms with E-state index in [9.17, 15) is 4.21 Å². The maximum absolute atomic E-state index is 11.5. The van der Waals surface area contributed by atoms with Crippen molar-refractivity contribution in [1.82, 2.24) is 15.0 Å². The van der Waals surface area contributed by atoms with Crippen LogP contribution in [0, 0.1) is 0 Å². The predicted molar refractivity (Wildman–Crippen MR) is 83.2 cm³/mol. The second-order valence-electron chi connectivity index (χ2n) is 3.92. The van der Waals surface area contributed by atoms with E-state index >= 15 is 0 Å². The van der Waals surface area contributed by atoms with Gasteiger partial charge in [0, 0.05) is 23.4 Å². The van der Waals surface area contributed by atoms with Crippen LogP contribution in [0.2, 0.25) is 0 Å². The van der Waals surface area contributed by atoms with Gasteiger partial charge in [0.15, 0.2) is 5.13 Å². The van der Waals surface area contributed by atoms with Crippen molar-refractivity contribution >= 4 is 38.6 Å². The average Bonchev–Trinajstić information content (AvgIpc) is 3.07. The monoisotopic (exact) mass is 322 g/mol. The molecule has 20 heavy (non-hydrogen) atoms. The van der Waals surface area contributed by atoms with E-state index in [1.165, 1.54) is 11.3 Å². The molecule has 0 spiro atoms. The largest absolute Gasteiger partial charge is 0.375 e. The molecule has 3 heterocycles. The van der Waals surface area contributed by atoms with Gasteiger partial charge in [-0.15, -0.1) is 0 Å². The van der Waals surface area contributed by atoms with E-state index in [1.807, 2.05) is 16.8 Å². The third kappa shape index (κ3) is 2.49. The van der Waals surface area contributed by atoms with Crippen molar-refractivity contribution in [3.05, 3.63) is 29.1 Å². The standard InChI is InChI=1S/C12H10N4OS3/c1-20(17)12-14-4-2-8(15-12)10-9(16-11(13)19-10)7-3-5-18-6-7/h2-6H,1H3,(H2,13,16). The van der Waals surface area contributed by atoms with Crippen molar-refractivity contribution < 1.29 is 4.21 Å². The van der Waals surface area contributed by atoms with Gasteiger partial charge < -0.3 is 5.73 Å². The summed E-state index contributed by atoms with van der Waals surface area (Å²) >= 11 is 2.97. The molecule has 0 bridgehead atoms. The molecule has 5 nitrogen and oxygen atoms in total. The summed E-state index contributed by atoms with van der Waals surface area (Å²) in [4.78, 5) is 13.6. The Morgan fingerprint density at radius 3 is 2.85 bits per heavy atom. The molecule has 2 N–H and O–H groups in total. The molecule has 0 aromatic carbocycles.